The molecule has 98 valence electrons. The number of aromatic nitrogens is 2. The molecule has 1 unspecified atom stereocenters. The van der Waals surface area contributed by atoms with Crippen LogP contribution >= 0.6 is 11.8 Å². The van der Waals surface area contributed by atoms with Crippen LogP contribution in [0, 0.1) is 0 Å². The number of carbonyl (C=O) groups excluding carboxylic acids is 1. The smallest absolute Gasteiger partial charge is 0.243 e. The van der Waals surface area contributed by atoms with Gasteiger partial charge >= 0.3 is 0 Å². The summed E-state index contributed by atoms with van der Waals surface area (Å²) < 4.78 is 0. The molecular weight excluding hydrogens is 250 g/mol. The van der Waals surface area contributed by atoms with Gasteiger partial charge in [0.05, 0.1) is 0 Å². The van der Waals surface area contributed by atoms with Crippen molar-refractivity contribution in [3.63, 3.8) is 0 Å². The number of carbonyl (C=O) groups is 1. The van der Waals surface area contributed by atoms with Gasteiger partial charge in [0, 0.05) is 32.7 Å². The van der Waals surface area contributed by atoms with Gasteiger partial charge in [-0.15, -0.1) is 11.8 Å². The van der Waals surface area contributed by atoms with E-state index in [-0.39, 0.29) is 11.9 Å². The molecule has 2 heterocycles. The number of rotatable bonds is 3. The van der Waals surface area contributed by atoms with Gasteiger partial charge < -0.3 is 15.5 Å². The summed E-state index contributed by atoms with van der Waals surface area (Å²) in [5, 5.41) is 6.83. The number of likely N-dealkylation sites (N-methyl/N-ethyl adjacent to an activating group) is 1. The van der Waals surface area contributed by atoms with Crippen molar-refractivity contribution in [1.82, 2.24) is 20.6 Å². The SMILES string of the molecule is CNC(=O)C1CNCCN1c1cc(SC)ncn1. The predicted octanol–water partition coefficient (Wildman–Crippen LogP) is -0.277. The van der Waals surface area contributed by atoms with E-state index in [0.717, 1.165) is 23.9 Å². The third kappa shape index (κ3) is 2.73. The van der Waals surface area contributed by atoms with Gasteiger partial charge in [-0.25, -0.2) is 9.97 Å². The van der Waals surface area contributed by atoms with Crippen molar-refractivity contribution < 1.29 is 4.79 Å². The van der Waals surface area contributed by atoms with Crippen LogP contribution in [0.2, 0.25) is 0 Å². The maximum Gasteiger partial charge on any atom is 0.243 e. The molecule has 0 saturated carbocycles. The number of anilines is 1. The molecule has 1 fully saturated rings. The topological polar surface area (TPSA) is 70.2 Å². The highest BCUT2D eigenvalue weighted by atomic mass is 32.2. The Bertz CT molecular complexity index is 428. The van der Waals surface area contributed by atoms with Gasteiger partial charge in [0.1, 0.15) is 23.2 Å². The molecule has 1 aromatic heterocycles. The third-order valence-electron chi connectivity index (χ3n) is 2.92. The molecule has 2 rings (SSSR count). The van der Waals surface area contributed by atoms with E-state index >= 15 is 0 Å². The minimum Gasteiger partial charge on any atom is -0.357 e. The van der Waals surface area contributed by atoms with Crippen LogP contribution in [0.4, 0.5) is 5.82 Å². The lowest BCUT2D eigenvalue weighted by Gasteiger charge is -2.35. The summed E-state index contributed by atoms with van der Waals surface area (Å²) >= 11 is 1.57. The highest BCUT2D eigenvalue weighted by Crippen LogP contribution is 2.20. The van der Waals surface area contributed by atoms with Gasteiger partial charge in [0.15, 0.2) is 0 Å². The highest BCUT2D eigenvalue weighted by Gasteiger charge is 2.28. The van der Waals surface area contributed by atoms with E-state index in [9.17, 15) is 4.79 Å². The molecule has 1 saturated heterocycles. The van der Waals surface area contributed by atoms with Crippen molar-refractivity contribution in [3.8, 4) is 0 Å². The minimum atomic E-state index is -0.214. The van der Waals surface area contributed by atoms with E-state index in [2.05, 4.69) is 20.6 Å². The van der Waals surface area contributed by atoms with Crippen LogP contribution in [-0.2, 0) is 4.79 Å². The van der Waals surface area contributed by atoms with E-state index in [1.807, 2.05) is 17.2 Å². The molecule has 0 bridgehead atoms. The van der Waals surface area contributed by atoms with E-state index in [1.165, 1.54) is 0 Å². The Hall–Kier alpha value is -1.34. The van der Waals surface area contributed by atoms with Crippen molar-refractivity contribution in [2.24, 2.45) is 0 Å². The molecule has 0 radical (unpaired) electrons. The molecular formula is C11H17N5OS. The number of nitrogens with zero attached hydrogens (tertiary/aromatic N) is 3. The Labute approximate surface area is 111 Å². The van der Waals surface area contributed by atoms with Crippen molar-refractivity contribution in [2.45, 2.75) is 11.1 Å². The molecule has 2 N–H and O–H groups in total. The zero-order valence-corrected chi connectivity index (χ0v) is 11.3. The molecule has 0 spiro atoms. The fourth-order valence-corrected chi connectivity index (χ4v) is 2.35. The molecule has 18 heavy (non-hydrogen) atoms. The monoisotopic (exact) mass is 267 g/mol. The standard InChI is InChI=1S/C11H17N5OS/c1-12-11(17)8-6-13-3-4-16(8)9-5-10(18-2)15-7-14-9/h5,7-8,13H,3-4,6H2,1-2H3,(H,12,17). The van der Waals surface area contributed by atoms with Crippen molar-refractivity contribution in [3.05, 3.63) is 12.4 Å². The summed E-state index contributed by atoms with van der Waals surface area (Å²) in [7, 11) is 1.66. The average molecular weight is 267 g/mol. The Morgan fingerprint density at radius 1 is 1.61 bits per heavy atom. The first kappa shape index (κ1) is 13.1. The second-order valence-electron chi connectivity index (χ2n) is 3.95. The first-order chi connectivity index (χ1) is 8.76. The quantitative estimate of drug-likeness (QED) is 0.580. The number of nitrogens with one attached hydrogen (secondary N) is 2. The maximum atomic E-state index is 11.9. The molecule has 0 aliphatic carbocycles. The summed E-state index contributed by atoms with van der Waals surface area (Å²) in [6.45, 7) is 2.26. The highest BCUT2D eigenvalue weighted by molar-refractivity contribution is 7.98. The number of hydrogen-bond donors (Lipinski definition) is 2. The van der Waals surface area contributed by atoms with Crippen LogP contribution in [-0.4, -0.2) is 54.9 Å². The van der Waals surface area contributed by atoms with Crippen LogP contribution in [0.5, 0.6) is 0 Å². The lowest BCUT2D eigenvalue weighted by molar-refractivity contribution is -0.122. The average Bonchev–Trinajstić information content (AvgIpc) is 2.46. The van der Waals surface area contributed by atoms with Crippen LogP contribution in [0.25, 0.3) is 0 Å². The molecule has 1 aromatic rings. The lowest BCUT2D eigenvalue weighted by atomic mass is 10.2. The lowest BCUT2D eigenvalue weighted by Crippen LogP contribution is -2.57. The number of thioether (sulfide) groups is 1. The molecule has 1 amide bonds. The molecule has 0 aromatic carbocycles. The van der Waals surface area contributed by atoms with Gasteiger partial charge in [-0.2, -0.15) is 0 Å². The molecule has 7 heteroatoms. The van der Waals surface area contributed by atoms with Crippen molar-refractivity contribution >= 4 is 23.5 Å². The van der Waals surface area contributed by atoms with Crippen molar-refractivity contribution in [1.29, 1.82) is 0 Å². The molecule has 6 nitrogen and oxygen atoms in total. The second-order valence-corrected chi connectivity index (χ2v) is 4.77. The van der Waals surface area contributed by atoms with Gasteiger partial charge in [0.2, 0.25) is 5.91 Å². The van der Waals surface area contributed by atoms with E-state index < -0.39 is 0 Å². The normalized spacial score (nSPS) is 19.7. The summed E-state index contributed by atoms with van der Waals surface area (Å²) in [5.41, 5.74) is 0. The van der Waals surface area contributed by atoms with E-state index in [0.29, 0.717) is 6.54 Å². The van der Waals surface area contributed by atoms with Gasteiger partial charge in [-0.05, 0) is 6.26 Å². The number of hydrogen-bond acceptors (Lipinski definition) is 6. The first-order valence-electron chi connectivity index (χ1n) is 5.81. The summed E-state index contributed by atoms with van der Waals surface area (Å²) in [6.07, 6.45) is 3.52. The molecule has 1 atom stereocenters. The first-order valence-corrected chi connectivity index (χ1v) is 7.03. The summed E-state index contributed by atoms with van der Waals surface area (Å²) in [5.74, 6) is 0.816. The zero-order valence-electron chi connectivity index (χ0n) is 10.5. The van der Waals surface area contributed by atoms with Crippen LogP contribution in [0.1, 0.15) is 0 Å². The summed E-state index contributed by atoms with van der Waals surface area (Å²) in [6, 6.07) is 1.71. The van der Waals surface area contributed by atoms with Crippen LogP contribution in [0.3, 0.4) is 0 Å². The molecule has 1 aliphatic rings. The van der Waals surface area contributed by atoms with Crippen LogP contribution in [0.15, 0.2) is 17.4 Å². The van der Waals surface area contributed by atoms with Gasteiger partial charge in [0.25, 0.3) is 0 Å². The van der Waals surface area contributed by atoms with Crippen molar-refractivity contribution in [2.75, 3.05) is 37.8 Å². The summed E-state index contributed by atoms with van der Waals surface area (Å²) in [4.78, 5) is 22.3. The largest absolute Gasteiger partial charge is 0.357 e. The third-order valence-corrected chi connectivity index (χ3v) is 3.56. The van der Waals surface area contributed by atoms with Gasteiger partial charge in [-0.3, -0.25) is 4.79 Å². The fraction of sp³-hybridized carbons (Fsp3) is 0.545. The fourth-order valence-electron chi connectivity index (χ4n) is 1.98. The van der Waals surface area contributed by atoms with Crippen LogP contribution < -0.4 is 15.5 Å². The van der Waals surface area contributed by atoms with E-state index in [4.69, 9.17) is 0 Å². The Morgan fingerprint density at radius 2 is 2.44 bits per heavy atom. The van der Waals surface area contributed by atoms with E-state index in [1.54, 1.807) is 25.1 Å². The number of amides is 1. The number of piperazine rings is 1. The Kier molecular flexibility index (Phi) is 4.38. The van der Waals surface area contributed by atoms with Gasteiger partial charge in [-0.1, -0.05) is 0 Å². The zero-order chi connectivity index (χ0) is 13.0. The Balaban J connectivity index is 2.24. The predicted molar refractivity (Wildman–Crippen MR) is 71.9 cm³/mol. The minimum absolute atomic E-state index is 0.00603. The second kappa shape index (κ2) is 6.01. The Morgan fingerprint density at radius 3 is 3.17 bits per heavy atom. The maximum absolute atomic E-state index is 11.9. The molecule has 1 aliphatic heterocycles.